The number of aryl methyl sites for hydroxylation is 1. The fraction of sp³-hybridized carbons (Fsp3) is 0.207. The van der Waals surface area contributed by atoms with Gasteiger partial charge in [0.05, 0.1) is 13.7 Å². The number of rotatable bonds is 7. The Morgan fingerprint density at radius 3 is 2.05 bits per heavy atom. The number of pyridine rings is 2. The Hall–Kier alpha value is -5.71. The summed E-state index contributed by atoms with van der Waals surface area (Å²) in [5.74, 6) is -0.482. The average molecular weight is 1020 g/mol. The van der Waals surface area contributed by atoms with E-state index in [1.54, 1.807) is 6.07 Å². The summed E-state index contributed by atoms with van der Waals surface area (Å²) in [4.78, 5) is 9.32. The molecule has 9 aromatic rings. The second-order valence-electron chi connectivity index (χ2n) is 18.3. The summed E-state index contributed by atoms with van der Waals surface area (Å²) in [6.07, 6.45) is 7.84. The fourth-order valence-electron chi connectivity index (χ4n) is 8.40. The minimum absolute atomic E-state index is 0. The average Bonchev–Trinajstić information content (AvgIpc) is 3.71. The number of benzene rings is 6. The van der Waals surface area contributed by atoms with Crippen LogP contribution in [0.2, 0.25) is 19.6 Å². The van der Waals surface area contributed by atoms with Gasteiger partial charge in [0, 0.05) is 43.4 Å². The van der Waals surface area contributed by atoms with Gasteiger partial charge in [-0.15, -0.1) is 47.5 Å². The smallest absolute Gasteiger partial charge is 0.121 e. The molecule has 0 saturated heterocycles. The minimum Gasteiger partial charge on any atom is -0.501 e. The van der Waals surface area contributed by atoms with E-state index in [1.807, 2.05) is 73.1 Å². The van der Waals surface area contributed by atoms with Gasteiger partial charge in [-0.1, -0.05) is 172 Å². The second kappa shape index (κ2) is 18.6. The van der Waals surface area contributed by atoms with Gasteiger partial charge in [0.25, 0.3) is 0 Å². The maximum Gasteiger partial charge on any atom is 0.121 e. The molecular formula is C58H54IrN2OSi-2. The van der Waals surface area contributed by atoms with Crippen LogP contribution in [0.1, 0.15) is 62.0 Å². The Balaban J connectivity index is 0.000000196. The van der Waals surface area contributed by atoms with Crippen LogP contribution in [-0.4, -0.2) is 18.0 Å². The van der Waals surface area contributed by atoms with E-state index in [0.717, 1.165) is 98.0 Å². The van der Waals surface area contributed by atoms with E-state index < -0.39 is 20.8 Å². The number of fused-ring (bicyclic) bond motifs is 3. The van der Waals surface area contributed by atoms with Crippen LogP contribution in [-0.2, 0) is 20.1 Å². The Morgan fingerprint density at radius 1 is 0.683 bits per heavy atom. The van der Waals surface area contributed by atoms with Crippen molar-refractivity contribution >= 4 is 35.2 Å². The molecule has 3 aromatic heterocycles. The van der Waals surface area contributed by atoms with E-state index >= 15 is 0 Å². The molecule has 3 nitrogen and oxygen atoms in total. The second-order valence-corrected chi connectivity index (χ2v) is 23.3. The monoisotopic (exact) mass is 1020 g/mol. The normalized spacial score (nSPS) is 15.5. The van der Waals surface area contributed by atoms with Crippen molar-refractivity contribution in [1.82, 2.24) is 9.97 Å². The molecule has 0 amide bonds. The zero-order valence-corrected chi connectivity index (χ0v) is 39.9. The zero-order chi connectivity index (χ0) is 46.3. The van der Waals surface area contributed by atoms with Gasteiger partial charge in [-0.2, -0.15) is 0 Å². The summed E-state index contributed by atoms with van der Waals surface area (Å²) < 4.78 is 39.1. The molecule has 317 valence electrons. The predicted octanol–water partition coefficient (Wildman–Crippen LogP) is 15.5. The predicted molar refractivity (Wildman–Crippen MR) is 263 cm³/mol. The van der Waals surface area contributed by atoms with Gasteiger partial charge in [-0.25, -0.2) is 0 Å². The third-order valence-corrected chi connectivity index (χ3v) is 14.4. The van der Waals surface area contributed by atoms with Crippen LogP contribution in [0.3, 0.4) is 0 Å². The van der Waals surface area contributed by atoms with Crippen molar-refractivity contribution in [3.8, 4) is 55.9 Å². The maximum atomic E-state index is 9.12. The van der Waals surface area contributed by atoms with Crippen LogP contribution in [0.15, 0.2) is 168 Å². The molecule has 63 heavy (non-hydrogen) atoms. The summed E-state index contributed by atoms with van der Waals surface area (Å²) >= 11 is 0. The van der Waals surface area contributed by atoms with E-state index in [-0.39, 0.29) is 20.1 Å². The molecule has 0 N–H and O–H groups in total. The number of hydrogen-bond donors (Lipinski definition) is 0. The summed E-state index contributed by atoms with van der Waals surface area (Å²) in [5.41, 5.74) is 12.9. The molecule has 6 aromatic carbocycles. The van der Waals surface area contributed by atoms with Gasteiger partial charge >= 0.3 is 0 Å². The van der Waals surface area contributed by atoms with Gasteiger partial charge in [-0.05, 0) is 99.1 Å². The Kier molecular flexibility index (Phi) is 11.5. The first kappa shape index (κ1) is 38.9. The third-order valence-electron chi connectivity index (χ3n) is 12.3. The van der Waals surface area contributed by atoms with Crippen LogP contribution in [0, 0.1) is 24.4 Å². The molecule has 1 fully saturated rings. The van der Waals surface area contributed by atoms with Crippen molar-refractivity contribution in [3.05, 3.63) is 187 Å². The van der Waals surface area contributed by atoms with Crippen LogP contribution in [0.4, 0.5) is 0 Å². The Morgan fingerprint density at radius 2 is 1.37 bits per heavy atom. The van der Waals surface area contributed by atoms with E-state index in [2.05, 4.69) is 136 Å². The van der Waals surface area contributed by atoms with Crippen molar-refractivity contribution in [2.45, 2.75) is 71.9 Å². The van der Waals surface area contributed by atoms with E-state index in [9.17, 15) is 0 Å². The molecular weight excluding hydrogens is 961 g/mol. The van der Waals surface area contributed by atoms with Gasteiger partial charge in [-0.3, -0.25) is 0 Å². The first-order valence-corrected chi connectivity index (χ1v) is 25.1. The molecule has 1 aliphatic carbocycles. The van der Waals surface area contributed by atoms with Crippen LogP contribution in [0.5, 0.6) is 0 Å². The van der Waals surface area contributed by atoms with Crippen molar-refractivity contribution in [2.75, 3.05) is 0 Å². The standard InChI is InChI=1S/C37H32NO.C21H22NSi.Ir/c1-37(2)20-17-28(18-21-37)26-11-13-27(14-12-26)30-19-22-38-34(23-30)33-10-6-9-32-31-16-15-29(24-35(31)39-36(32)33)25-7-4-3-5-8-25;1-16-10-11-18(14-20(16)17-8-6-5-7-9-17)21-13-12-19(15-22-21)23(2,3)4;/h3-9,11-16,19,22-24,28H,17-18,20-21H2,1-2H3;5-10,12-15H,1-4H3;/q2*-1;/i28D;1D3;. The minimum atomic E-state index is -2.19. The van der Waals surface area contributed by atoms with Gasteiger partial charge < -0.3 is 14.4 Å². The van der Waals surface area contributed by atoms with E-state index in [1.165, 1.54) is 10.8 Å². The largest absolute Gasteiger partial charge is 0.501 e. The van der Waals surface area contributed by atoms with Crippen molar-refractivity contribution < 1.29 is 30.0 Å². The van der Waals surface area contributed by atoms with Gasteiger partial charge in [0.1, 0.15) is 5.58 Å². The topological polar surface area (TPSA) is 38.9 Å². The first-order chi connectivity index (χ1) is 31.5. The van der Waals surface area contributed by atoms with Crippen molar-refractivity contribution in [2.24, 2.45) is 5.41 Å². The van der Waals surface area contributed by atoms with Crippen LogP contribution >= 0.6 is 0 Å². The number of nitrogens with zero attached hydrogens (tertiary/aromatic N) is 2. The summed E-state index contributed by atoms with van der Waals surface area (Å²) in [6, 6.07) is 57.3. The quantitative estimate of drug-likeness (QED) is 0.118. The zero-order valence-electron chi connectivity index (χ0n) is 40.6. The van der Waals surface area contributed by atoms with E-state index in [0.29, 0.717) is 16.5 Å². The van der Waals surface area contributed by atoms with E-state index in [4.69, 9.17) is 14.9 Å². The number of hydrogen-bond acceptors (Lipinski definition) is 3. The van der Waals surface area contributed by atoms with Gasteiger partial charge in [0.15, 0.2) is 0 Å². The number of furan rings is 1. The maximum absolute atomic E-state index is 9.12. The molecule has 5 heteroatoms. The molecule has 0 unspecified atom stereocenters. The molecule has 0 spiro atoms. The summed E-state index contributed by atoms with van der Waals surface area (Å²) in [5, 5.41) is 3.45. The molecule has 0 bridgehead atoms. The molecule has 0 atom stereocenters. The van der Waals surface area contributed by atoms with Crippen LogP contribution in [0.25, 0.3) is 77.8 Å². The van der Waals surface area contributed by atoms with Crippen molar-refractivity contribution in [3.63, 3.8) is 0 Å². The molecule has 1 aliphatic rings. The van der Waals surface area contributed by atoms with Crippen LogP contribution < -0.4 is 5.19 Å². The molecule has 3 heterocycles. The third kappa shape index (κ3) is 9.77. The summed E-state index contributed by atoms with van der Waals surface area (Å²) in [6.45, 7) is 9.32. The first-order valence-electron chi connectivity index (χ1n) is 23.6. The summed E-state index contributed by atoms with van der Waals surface area (Å²) in [7, 11) is -1.40. The SMILES string of the molecule is [2H]C([2H])([2H])c1c[c-]c(-c2ccc([Si](C)(C)C)cn2)cc1-c1ccccc1.[2H]C1(c2ccc(-c3ccnc(-c4[c-]ccc5c4oc4cc(-c6ccccc6)ccc45)c3)cc2)CCC(C)(C)CC1.[Ir]. The van der Waals surface area contributed by atoms with Crippen molar-refractivity contribution in [1.29, 1.82) is 0 Å². The van der Waals surface area contributed by atoms with Gasteiger partial charge in [0.2, 0.25) is 0 Å². The molecule has 10 rings (SSSR count). The molecule has 1 saturated carbocycles. The number of aromatic nitrogens is 2. The molecule has 0 aliphatic heterocycles. The molecule has 1 radical (unpaired) electrons. The fourth-order valence-corrected chi connectivity index (χ4v) is 9.43. The Bertz CT molecular complexity index is 3130. The Labute approximate surface area is 393 Å².